The number of hydrogen-bond donors (Lipinski definition) is 1. The zero-order chi connectivity index (χ0) is 14.7. The van der Waals surface area contributed by atoms with Gasteiger partial charge in [-0.2, -0.15) is 0 Å². The number of ether oxygens (including phenoxy) is 1. The van der Waals surface area contributed by atoms with Crippen LogP contribution in [0.25, 0.3) is 10.4 Å². The van der Waals surface area contributed by atoms with Crippen LogP contribution in [0, 0.1) is 6.92 Å². The maximum absolute atomic E-state index is 5.78. The second-order valence-electron chi connectivity index (χ2n) is 4.52. The topological polar surface area (TPSA) is 47.0 Å². The van der Waals surface area contributed by atoms with Gasteiger partial charge in [0.05, 0.1) is 21.8 Å². The molecular weight excluding hydrogens is 282 g/mol. The molecule has 3 aromatic rings. The number of aromatic nitrogens is 2. The Morgan fingerprint density at radius 2 is 1.90 bits per heavy atom. The molecule has 1 aromatic carbocycles. The highest BCUT2D eigenvalue weighted by atomic mass is 32.1. The molecule has 0 aliphatic rings. The SMILES string of the molecule is CNc1ccc(Oc2ccc(-c3cncs3)cc2)nc1C. The molecule has 5 heteroatoms. The van der Waals surface area contributed by atoms with Gasteiger partial charge < -0.3 is 10.1 Å². The van der Waals surface area contributed by atoms with Crippen molar-refractivity contribution in [3.63, 3.8) is 0 Å². The van der Waals surface area contributed by atoms with Gasteiger partial charge in [-0.25, -0.2) is 4.98 Å². The van der Waals surface area contributed by atoms with Gasteiger partial charge in [-0.15, -0.1) is 11.3 Å². The Labute approximate surface area is 127 Å². The summed E-state index contributed by atoms with van der Waals surface area (Å²) in [5, 5.41) is 3.09. The first-order valence-corrected chi connectivity index (χ1v) is 7.46. The summed E-state index contributed by atoms with van der Waals surface area (Å²) in [5.74, 6) is 1.37. The minimum atomic E-state index is 0.594. The molecule has 0 bridgehead atoms. The first-order valence-electron chi connectivity index (χ1n) is 6.58. The number of nitrogens with one attached hydrogen (secondary N) is 1. The molecule has 0 aliphatic carbocycles. The summed E-state index contributed by atoms with van der Waals surface area (Å²) >= 11 is 1.62. The molecule has 3 rings (SSSR count). The fourth-order valence-electron chi connectivity index (χ4n) is 2.03. The van der Waals surface area contributed by atoms with Crippen molar-refractivity contribution >= 4 is 17.0 Å². The van der Waals surface area contributed by atoms with Crippen molar-refractivity contribution in [2.24, 2.45) is 0 Å². The first kappa shape index (κ1) is 13.6. The largest absolute Gasteiger partial charge is 0.439 e. The number of rotatable bonds is 4. The van der Waals surface area contributed by atoms with Gasteiger partial charge in [-0.1, -0.05) is 0 Å². The third-order valence-corrected chi connectivity index (χ3v) is 3.95. The fraction of sp³-hybridized carbons (Fsp3) is 0.125. The van der Waals surface area contributed by atoms with E-state index in [-0.39, 0.29) is 0 Å². The van der Waals surface area contributed by atoms with Crippen molar-refractivity contribution in [2.75, 3.05) is 12.4 Å². The molecule has 1 N–H and O–H groups in total. The summed E-state index contributed by atoms with van der Waals surface area (Å²) in [6.07, 6.45) is 1.86. The van der Waals surface area contributed by atoms with Crippen molar-refractivity contribution in [2.45, 2.75) is 6.92 Å². The van der Waals surface area contributed by atoms with Crippen molar-refractivity contribution in [1.82, 2.24) is 9.97 Å². The summed E-state index contributed by atoms with van der Waals surface area (Å²) in [6, 6.07) is 11.8. The Hall–Kier alpha value is -2.40. The average Bonchev–Trinajstić information content (AvgIpc) is 3.02. The van der Waals surface area contributed by atoms with Crippen LogP contribution in [0.1, 0.15) is 5.69 Å². The van der Waals surface area contributed by atoms with Gasteiger partial charge in [0.15, 0.2) is 0 Å². The zero-order valence-electron chi connectivity index (χ0n) is 11.8. The van der Waals surface area contributed by atoms with E-state index in [2.05, 4.69) is 15.3 Å². The van der Waals surface area contributed by atoms with Crippen molar-refractivity contribution in [3.05, 3.63) is 53.8 Å². The van der Waals surface area contributed by atoms with Crippen molar-refractivity contribution in [1.29, 1.82) is 0 Å². The van der Waals surface area contributed by atoms with Crippen LogP contribution in [0.3, 0.4) is 0 Å². The molecule has 21 heavy (non-hydrogen) atoms. The van der Waals surface area contributed by atoms with E-state index in [4.69, 9.17) is 4.74 Å². The number of benzene rings is 1. The minimum absolute atomic E-state index is 0.594. The predicted octanol–water partition coefficient (Wildman–Crippen LogP) is 4.35. The summed E-state index contributed by atoms with van der Waals surface area (Å²) in [6.45, 7) is 1.95. The Bertz CT molecular complexity index is 724. The van der Waals surface area contributed by atoms with Crippen molar-refractivity contribution in [3.8, 4) is 22.1 Å². The van der Waals surface area contributed by atoms with Crippen LogP contribution in [-0.4, -0.2) is 17.0 Å². The third-order valence-electron chi connectivity index (χ3n) is 3.12. The van der Waals surface area contributed by atoms with Gasteiger partial charge in [0, 0.05) is 19.3 Å². The molecular formula is C16H15N3OS. The second kappa shape index (κ2) is 5.93. The number of pyridine rings is 1. The second-order valence-corrected chi connectivity index (χ2v) is 5.41. The van der Waals surface area contributed by atoms with E-state index >= 15 is 0 Å². The highest BCUT2D eigenvalue weighted by Crippen LogP contribution is 2.27. The molecule has 2 aromatic heterocycles. The zero-order valence-corrected chi connectivity index (χ0v) is 12.6. The van der Waals surface area contributed by atoms with E-state index in [9.17, 15) is 0 Å². The molecule has 0 saturated carbocycles. The molecule has 2 heterocycles. The Morgan fingerprint density at radius 1 is 1.10 bits per heavy atom. The highest BCUT2D eigenvalue weighted by Gasteiger charge is 2.04. The summed E-state index contributed by atoms with van der Waals surface area (Å²) in [5.41, 5.74) is 4.88. The van der Waals surface area contributed by atoms with Crippen LogP contribution in [0.4, 0.5) is 5.69 Å². The molecule has 0 radical (unpaired) electrons. The standard InChI is InChI=1S/C16H15N3OS/c1-11-14(17-2)7-8-16(19-11)20-13-5-3-12(4-6-13)15-9-18-10-21-15/h3-10,17H,1-2H3. The van der Waals surface area contributed by atoms with Crippen LogP contribution in [-0.2, 0) is 0 Å². The Kier molecular flexibility index (Phi) is 3.83. The number of anilines is 1. The van der Waals surface area contributed by atoms with Gasteiger partial charge in [-0.3, -0.25) is 4.98 Å². The molecule has 0 saturated heterocycles. The van der Waals surface area contributed by atoms with E-state index < -0.39 is 0 Å². The van der Waals surface area contributed by atoms with Crippen LogP contribution in [0.2, 0.25) is 0 Å². The number of nitrogens with zero attached hydrogens (tertiary/aromatic N) is 2. The van der Waals surface area contributed by atoms with Gasteiger partial charge in [0.25, 0.3) is 0 Å². The lowest BCUT2D eigenvalue weighted by molar-refractivity contribution is 0.462. The predicted molar refractivity (Wildman–Crippen MR) is 86.1 cm³/mol. The van der Waals surface area contributed by atoms with Gasteiger partial charge in [0.1, 0.15) is 5.75 Å². The summed E-state index contributed by atoms with van der Waals surface area (Å²) in [7, 11) is 1.88. The summed E-state index contributed by atoms with van der Waals surface area (Å²) < 4.78 is 5.78. The fourth-order valence-corrected chi connectivity index (χ4v) is 2.65. The lowest BCUT2D eigenvalue weighted by atomic mass is 10.2. The van der Waals surface area contributed by atoms with Crippen LogP contribution in [0.15, 0.2) is 48.1 Å². The lowest BCUT2D eigenvalue weighted by Crippen LogP contribution is -1.96. The van der Waals surface area contributed by atoms with Crippen molar-refractivity contribution < 1.29 is 4.74 Å². The Balaban J connectivity index is 1.77. The molecule has 106 valence electrons. The van der Waals surface area contributed by atoms with Crippen LogP contribution in [0.5, 0.6) is 11.6 Å². The smallest absolute Gasteiger partial charge is 0.219 e. The van der Waals surface area contributed by atoms with E-state index in [0.717, 1.165) is 27.6 Å². The van der Waals surface area contributed by atoms with E-state index in [1.807, 2.05) is 62.1 Å². The maximum Gasteiger partial charge on any atom is 0.219 e. The van der Waals surface area contributed by atoms with Gasteiger partial charge in [0.2, 0.25) is 5.88 Å². The molecule has 4 nitrogen and oxygen atoms in total. The van der Waals surface area contributed by atoms with E-state index in [1.165, 1.54) is 0 Å². The lowest BCUT2D eigenvalue weighted by Gasteiger charge is -2.08. The first-order chi connectivity index (χ1) is 10.3. The van der Waals surface area contributed by atoms with Gasteiger partial charge >= 0.3 is 0 Å². The van der Waals surface area contributed by atoms with Gasteiger partial charge in [-0.05, 0) is 42.8 Å². The third kappa shape index (κ3) is 3.03. The Morgan fingerprint density at radius 3 is 2.52 bits per heavy atom. The molecule has 0 atom stereocenters. The highest BCUT2D eigenvalue weighted by molar-refractivity contribution is 7.13. The van der Waals surface area contributed by atoms with E-state index in [0.29, 0.717) is 5.88 Å². The van der Waals surface area contributed by atoms with Crippen LogP contribution >= 0.6 is 11.3 Å². The molecule has 0 aliphatic heterocycles. The monoisotopic (exact) mass is 297 g/mol. The van der Waals surface area contributed by atoms with E-state index in [1.54, 1.807) is 11.3 Å². The maximum atomic E-state index is 5.78. The quantitative estimate of drug-likeness (QED) is 0.778. The number of hydrogen-bond acceptors (Lipinski definition) is 5. The minimum Gasteiger partial charge on any atom is -0.439 e. The molecule has 0 fully saturated rings. The number of aryl methyl sites for hydroxylation is 1. The molecule has 0 amide bonds. The molecule has 0 unspecified atom stereocenters. The van der Waals surface area contributed by atoms with Crippen LogP contribution < -0.4 is 10.1 Å². The average molecular weight is 297 g/mol. The number of thiazole rings is 1. The normalized spacial score (nSPS) is 10.4. The summed E-state index contributed by atoms with van der Waals surface area (Å²) in [4.78, 5) is 9.65. The molecule has 0 spiro atoms.